The van der Waals surface area contributed by atoms with E-state index in [2.05, 4.69) is 17.6 Å². The van der Waals surface area contributed by atoms with E-state index in [-0.39, 0.29) is 11.9 Å². The molecule has 1 aliphatic carbocycles. The third kappa shape index (κ3) is 4.04. The lowest BCUT2D eigenvalue weighted by Gasteiger charge is -2.28. The van der Waals surface area contributed by atoms with Gasteiger partial charge in [-0.15, -0.1) is 0 Å². The first-order valence-electron chi connectivity index (χ1n) is 10.0. The van der Waals surface area contributed by atoms with E-state index in [1.807, 2.05) is 28.9 Å². The number of carbonyl (C=O) groups is 1. The zero-order chi connectivity index (χ0) is 18.8. The van der Waals surface area contributed by atoms with Crippen molar-refractivity contribution in [2.75, 3.05) is 6.54 Å². The maximum Gasteiger partial charge on any atom is 0.272 e. The van der Waals surface area contributed by atoms with Gasteiger partial charge in [0.1, 0.15) is 0 Å². The van der Waals surface area contributed by atoms with Crippen LogP contribution in [-0.2, 0) is 12.8 Å². The molecule has 1 saturated heterocycles. The number of carbonyl (C=O) groups excluding carboxylic acids is 1. The molecule has 5 nitrogen and oxygen atoms in total. The molecule has 2 aliphatic rings. The van der Waals surface area contributed by atoms with E-state index in [1.54, 1.807) is 0 Å². The summed E-state index contributed by atoms with van der Waals surface area (Å²) in [5.74, 6) is -0.0278. The summed E-state index contributed by atoms with van der Waals surface area (Å²) in [7, 11) is 0. The summed E-state index contributed by atoms with van der Waals surface area (Å²) < 4.78 is 1.96. The van der Waals surface area contributed by atoms with E-state index < -0.39 is 0 Å². The van der Waals surface area contributed by atoms with Crippen LogP contribution < -0.4 is 10.6 Å². The number of aromatic nitrogens is 2. The minimum Gasteiger partial charge on any atom is -0.348 e. The Kier molecular flexibility index (Phi) is 5.50. The quantitative estimate of drug-likeness (QED) is 0.791. The number of nitrogens with zero attached hydrogens (tertiary/aromatic N) is 2. The summed E-state index contributed by atoms with van der Waals surface area (Å²) >= 11 is 6.05. The Morgan fingerprint density at radius 2 is 2.00 bits per heavy atom. The molecule has 4 rings (SSSR count). The molecule has 2 aromatic rings. The van der Waals surface area contributed by atoms with E-state index in [9.17, 15) is 4.79 Å². The van der Waals surface area contributed by atoms with Crippen molar-refractivity contribution in [3.05, 3.63) is 46.2 Å². The zero-order valence-corrected chi connectivity index (χ0v) is 16.6. The summed E-state index contributed by atoms with van der Waals surface area (Å²) in [5.41, 5.74) is 3.88. The van der Waals surface area contributed by atoms with Gasteiger partial charge in [-0.3, -0.25) is 4.79 Å². The molecule has 0 bridgehead atoms. The molecule has 1 fully saturated rings. The van der Waals surface area contributed by atoms with Crippen molar-refractivity contribution >= 4 is 17.5 Å². The average molecular weight is 387 g/mol. The van der Waals surface area contributed by atoms with Crippen molar-refractivity contribution in [1.29, 1.82) is 0 Å². The van der Waals surface area contributed by atoms with Crippen LogP contribution in [-0.4, -0.2) is 34.3 Å². The number of nitrogens with one attached hydrogen (secondary N) is 2. The molecule has 1 aromatic heterocycles. The zero-order valence-electron chi connectivity index (χ0n) is 15.8. The van der Waals surface area contributed by atoms with Crippen molar-refractivity contribution in [2.45, 2.75) is 64.0 Å². The molecule has 144 valence electrons. The summed E-state index contributed by atoms with van der Waals surface area (Å²) in [6, 6.07) is 8.34. The first-order chi connectivity index (χ1) is 13.1. The second-order valence-corrected chi connectivity index (χ2v) is 8.21. The van der Waals surface area contributed by atoms with Gasteiger partial charge in [0.25, 0.3) is 5.91 Å². The lowest BCUT2D eigenvalue weighted by atomic mass is 10.00. The second kappa shape index (κ2) is 8.03. The predicted molar refractivity (Wildman–Crippen MR) is 108 cm³/mol. The number of halogens is 1. The van der Waals surface area contributed by atoms with Crippen LogP contribution in [0.1, 0.15) is 60.8 Å². The van der Waals surface area contributed by atoms with Gasteiger partial charge < -0.3 is 10.6 Å². The van der Waals surface area contributed by atoms with Gasteiger partial charge in [-0.25, -0.2) is 4.68 Å². The SMILES string of the molecule is CC1CC(NC(=O)c2nn(-c3ccc(Cl)cc3)c3c2CCCCC3)CCN1. The number of rotatable bonds is 3. The van der Waals surface area contributed by atoms with Gasteiger partial charge >= 0.3 is 0 Å². The number of hydrogen-bond acceptors (Lipinski definition) is 3. The van der Waals surface area contributed by atoms with Gasteiger partial charge in [0, 0.05) is 28.4 Å². The highest BCUT2D eigenvalue weighted by Gasteiger charge is 2.27. The average Bonchev–Trinajstić information content (AvgIpc) is 2.84. The fourth-order valence-electron chi connectivity index (χ4n) is 4.27. The van der Waals surface area contributed by atoms with Gasteiger partial charge in [0.05, 0.1) is 5.69 Å². The van der Waals surface area contributed by atoms with Gasteiger partial charge in [0.2, 0.25) is 0 Å². The van der Waals surface area contributed by atoms with E-state index in [0.717, 1.165) is 56.3 Å². The van der Waals surface area contributed by atoms with Crippen molar-refractivity contribution in [3.63, 3.8) is 0 Å². The Morgan fingerprint density at radius 3 is 2.78 bits per heavy atom. The molecule has 0 saturated carbocycles. The Hall–Kier alpha value is -1.85. The molecule has 0 radical (unpaired) electrons. The first kappa shape index (κ1) is 18.5. The van der Waals surface area contributed by atoms with Crippen LogP contribution in [0.2, 0.25) is 5.02 Å². The smallest absolute Gasteiger partial charge is 0.272 e. The third-order valence-corrected chi connectivity index (χ3v) is 5.93. The van der Waals surface area contributed by atoms with Gasteiger partial charge in [-0.05, 0) is 76.3 Å². The summed E-state index contributed by atoms with van der Waals surface area (Å²) in [4.78, 5) is 13.1. The summed E-state index contributed by atoms with van der Waals surface area (Å²) in [5, 5.41) is 12.1. The van der Waals surface area contributed by atoms with Crippen molar-refractivity contribution in [3.8, 4) is 5.69 Å². The van der Waals surface area contributed by atoms with Crippen molar-refractivity contribution in [1.82, 2.24) is 20.4 Å². The number of amides is 1. The molecule has 27 heavy (non-hydrogen) atoms. The molecular weight excluding hydrogens is 360 g/mol. The topological polar surface area (TPSA) is 59.0 Å². The van der Waals surface area contributed by atoms with E-state index in [1.165, 1.54) is 12.1 Å². The van der Waals surface area contributed by atoms with Crippen molar-refractivity contribution in [2.24, 2.45) is 0 Å². The summed E-state index contributed by atoms with van der Waals surface area (Å²) in [6.45, 7) is 3.11. The molecule has 6 heteroatoms. The highest BCUT2D eigenvalue weighted by Crippen LogP contribution is 2.27. The number of hydrogen-bond donors (Lipinski definition) is 2. The molecule has 2 N–H and O–H groups in total. The monoisotopic (exact) mass is 386 g/mol. The van der Waals surface area contributed by atoms with Crippen LogP contribution in [0.25, 0.3) is 5.69 Å². The predicted octanol–water partition coefficient (Wildman–Crippen LogP) is 3.66. The molecule has 1 amide bonds. The Balaban J connectivity index is 1.65. The fourth-order valence-corrected chi connectivity index (χ4v) is 4.40. The largest absolute Gasteiger partial charge is 0.348 e. The van der Waals surface area contributed by atoms with E-state index in [4.69, 9.17) is 16.7 Å². The second-order valence-electron chi connectivity index (χ2n) is 7.77. The van der Waals surface area contributed by atoms with Crippen LogP contribution >= 0.6 is 11.6 Å². The van der Waals surface area contributed by atoms with Crippen LogP contribution in [0.3, 0.4) is 0 Å². The Morgan fingerprint density at radius 1 is 1.22 bits per heavy atom. The first-order valence-corrected chi connectivity index (χ1v) is 10.4. The maximum absolute atomic E-state index is 13.1. The van der Waals surface area contributed by atoms with Crippen molar-refractivity contribution < 1.29 is 4.79 Å². The molecule has 2 heterocycles. The molecule has 1 aromatic carbocycles. The molecule has 2 atom stereocenters. The number of benzene rings is 1. The Bertz CT molecular complexity index is 814. The molecule has 2 unspecified atom stereocenters. The van der Waals surface area contributed by atoms with E-state index in [0.29, 0.717) is 16.8 Å². The molecule has 1 aliphatic heterocycles. The highest BCUT2D eigenvalue weighted by atomic mass is 35.5. The standard InChI is InChI=1S/C21H27ClN4O/c1-14-13-16(11-12-23-14)24-21(27)20-18-5-3-2-4-6-19(18)26(25-20)17-9-7-15(22)8-10-17/h7-10,14,16,23H,2-6,11-13H2,1H3,(H,24,27). The Labute approximate surface area is 165 Å². The normalized spacial score (nSPS) is 22.7. The molecule has 0 spiro atoms. The van der Waals surface area contributed by atoms with E-state index >= 15 is 0 Å². The van der Waals surface area contributed by atoms with Gasteiger partial charge in [-0.2, -0.15) is 5.10 Å². The third-order valence-electron chi connectivity index (χ3n) is 5.68. The van der Waals surface area contributed by atoms with Crippen LogP contribution in [0.4, 0.5) is 0 Å². The minimum atomic E-state index is -0.0278. The van der Waals surface area contributed by atoms with Crippen LogP contribution in [0, 0.1) is 0 Å². The minimum absolute atomic E-state index is 0.0278. The lowest BCUT2D eigenvalue weighted by Crippen LogP contribution is -2.46. The fraction of sp³-hybridized carbons (Fsp3) is 0.524. The number of fused-ring (bicyclic) bond motifs is 1. The van der Waals surface area contributed by atoms with Crippen LogP contribution in [0.5, 0.6) is 0 Å². The van der Waals surface area contributed by atoms with Gasteiger partial charge in [0.15, 0.2) is 5.69 Å². The maximum atomic E-state index is 13.1. The lowest BCUT2D eigenvalue weighted by molar-refractivity contribution is 0.0919. The highest BCUT2D eigenvalue weighted by molar-refractivity contribution is 6.30. The number of piperidine rings is 1. The van der Waals surface area contributed by atoms with Crippen LogP contribution in [0.15, 0.2) is 24.3 Å². The van der Waals surface area contributed by atoms with Gasteiger partial charge in [-0.1, -0.05) is 18.0 Å². The summed E-state index contributed by atoms with van der Waals surface area (Å²) in [6.07, 6.45) is 7.27. The molecular formula is C21H27ClN4O.